The van der Waals surface area contributed by atoms with Crippen molar-refractivity contribution in [1.29, 1.82) is 0 Å². The largest absolute Gasteiger partial charge is 0.453 e. The van der Waals surface area contributed by atoms with Crippen molar-refractivity contribution in [2.75, 3.05) is 10.6 Å². The number of nitrogens with one attached hydrogen (secondary N) is 1. The van der Waals surface area contributed by atoms with Gasteiger partial charge in [-0.3, -0.25) is 4.79 Å². The summed E-state index contributed by atoms with van der Waals surface area (Å²) in [5.41, 5.74) is 3.91. The molecule has 0 radical (unpaired) electrons. The van der Waals surface area contributed by atoms with E-state index in [-0.39, 0.29) is 17.4 Å². The Morgan fingerprint density at radius 2 is 1.92 bits per heavy atom. The molecule has 2 aromatic rings. The monoisotopic (exact) mass is 409 g/mol. The maximum absolute atomic E-state index is 12.5. The lowest BCUT2D eigenvalue weighted by Crippen LogP contribution is -2.69. The summed E-state index contributed by atoms with van der Waals surface area (Å²) >= 11 is 3.55. The summed E-state index contributed by atoms with van der Waals surface area (Å²) in [6.07, 6.45) is 4.48. The van der Waals surface area contributed by atoms with Gasteiger partial charge in [-0.15, -0.1) is 0 Å². The van der Waals surface area contributed by atoms with Crippen LogP contribution >= 0.6 is 15.9 Å². The lowest BCUT2D eigenvalue weighted by molar-refractivity contribution is -0.150. The van der Waals surface area contributed by atoms with E-state index in [4.69, 9.17) is 4.74 Å². The lowest BCUT2D eigenvalue weighted by Gasteiger charge is -2.57. The molecule has 1 saturated heterocycles. The first-order chi connectivity index (χ1) is 12.7. The minimum atomic E-state index is -0.530. The molecule has 1 N–H and O–H groups in total. The number of para-hydroxylation sites is 1. The summed E-state index contributed by atoms with van der Waals surface area (Å²) in [7, 11) is 0. The van der Waals surface area contributed by atoms with E-state index in [2.05, 4.69) is 57.7 Å². The van der Waals surface area contributed by atoms with Gasteiger partial charge in [-0.05, 0) is 41.7 Å². The Kier molecular flexibility index (Phi) is 3.54. The molecule has 1 saturated carbocycles. The first-order valence-electron chi connectivity index (χ1n) is 9.12. The average molecular weight is 410 g/mol. The van der Waals surface area contributed by atoms with Crippen LogP contribution < -0.4 is 5.32 Å². The molecule has 2 fully saturated rings. The van der Waals surface area contributed by atoms with E-state index in [0.29, 0.717) is 6.42 Å². The summed E-state index contributed by atoms with van der Waals surface area (Å²) in [4.78, 5) is 12.5. The van der Waals surface area contributed by atoms with E-state index >= 15 is 0 Å². The average Bonchev–Trinajstić information content (AvgIpc) is 3.10. The highest BCUT2D eigenvalue weighted by Crippen LogP contribution is 2.69. The summed E-state index contributed by atoms with van der Waals surface area (Å²) in [6.45, 7) is 0. The molecular weight excluding hydrogens is 390 g/mol. The van der Waals surface area contributed by atoms with Gasteiger partial charge in [0.15, 0.2) is 0 Å². The summed E-state index contributed by atoms with van der Waals surface area (Å²) in [5, 5.41) is 4.58. The van der Waals surface area contributed by atoms with Crippen LogP contribution in [-0.4, -0.2) is 22.9 Å². The summed E-state index contributed by atoms with van der Waals surface area (Å²) in [6, 6.07) is 18.8. The van der Waals surface area contributed by atoms with Crippen LogP contribution in [0, 0.1) is 0 Å². The first kappa shape index (κ1) is 16.1. The van der Waals surface area contributed by atoms with Gasteiger partial charge < -0.3 is 10.1 Å². The maximum atomic E-state index is 12.5. The fourth-order valence-electron chi connectivity index (χ4n) is 5.25. The molecule has 0 aromatic heterocycles. The van der Waals surface area contributed by atoms with E-state index in [1.165, 1.54) is 11.1 Å². The highest BCUT2D eigenvalue weighted by molar-refractivity contribution is 9.09. The molecule has 5 rings (SSSR count). The molecule has 1 spiro atoms. The molecule has 26 heavy (non-hydrogen) atoms. The molecule has 0 bridgehead atoms. The number of halogens is 1. The number of hydrogen-bond donors (Lipinski definition) is 1. The molecular formula is C22H20BrNO2. The smallest absolute Gasteiger partial charge is 0.307 e. The standard InChI is InChI=1S/C22H20BrNO2/c23-12-6-11-22-17(13-15-7-2-1-3-8-15)20-21(22,14-19(25)26-22)16-9-4-5-10-18(16)24-20/h1-5,7-10,13,20,24H,6,11-12,14H2/b17-13+/t20-,21-,22-/m0/s1. The van der Waals surface area contributed by atoms with E-state index in [1.807, 2.05) is 24.3 Å². The zero-order valence-electron chi connectivity index (χ0n) is 14.4. The molecule has 132 valence electrons. The highest BCUT2D eigenvalue weighted by atomic mass is 79.9. The van der Waals surface area contributed by atoms with Crippen LogP contribution in [0.4, 0.5) is 5.69 Å². The first-order valence-corrected chi connectivity index (χ1v) is 10.2. The molecule has 1 aliphatic carbocycles. The minimum Gasteiger partial charge on any atom is -0.453 e. The number of fused-ring (bicyclic) bond motifs is 1. The second-order valence-electron chi connectivity index (χ2n) is 7.38. The number of anilines is 1. The van der Waals surface area contributed by atoms with E-state index < -0.39 is 5.60 Å². The molecule has 0 unspecified atom stereocenters. The van der Waals surface area contributed by atoms with Crippen molar-refractivity contribution in [3.8, 4) is 0 Å². The Bertz CT molecular complexity index is 909. The number of carbonyl (C=O) groups is 1. The third kappa shape index (κ3) is 1.91. The highest BCUT2D eigenvalue weighted by Gasteiger charge is 2.78. The van der Waals surface area contributed by atoms with Gasteiger partial charge in [0, 0.05) is 11.0 Å². The van der Waals surface area contributed by atoms with Gasteiger partial charge in [0.2, 0.25) is 0 Å². The SMILES string of the molecule is O=C1C[C@]23c4ccccc4N[C@H]2/C(=C\c2ccccc2)[C@]3(CCCBr)O1. The van der Waals surface area contributed by atoms with Crippen molar-refractivity contribution in [3.63, 3.8) is 0 Å². The van der Waals surface area contributed by atoms with Gasteiger partial charge >= 0.3 is 5.97 Å². The number of esters is 1. The van der Waals surface area contributed by atoms with Crippen molar-refractivity contribution < 1.29 is 9.53 Å². The molecule has 2 aliphatic heterocycles. The fraction of sp³-hybridized carbons (Fsp3) is 0.318. The minimum absolute atomic E-state index is 0.0838. The van der Waals surface area contributed by atoms with Crippen LogP contribution in [0.5, 0.6) is 0 Å². The second-order valence-corrected chi connectivity index (χ2v) is 8.17. The number of hydrogen-bond acceptors (Lipinski definition) is 3. The molecule has 3 aliphatic rings. The molecule has 2 aromatic carbocycles. The van der Waals surface area contributed by atoms with Crippen molar-refractivity contribution in [2.45, 2.75) is 36.3 Å². The second kappa shape index (κ2) is 5.71. The number of benzene rings is 2. The molecule has 3 nitrogen and oxygen atoms in total. The van der Waals surface area contributed by atoms with Crippen LogP contribution in [0.1, 0.15) is 30.4 Å². The van der Waals surface area contributed by atoms with Gasteiger partial charge in [-0.1, -0.05) is 64.5 Å². The molecule has 3 atom stereocenters. The maximum Gasteiger partial charge on any atom is 0.307 e. The van der Waals surface area contributed by atoms with Gasteiger partial charge in [-0.2, -0.15) is 0 Å². The van der Waals surface area contributed by atoms with E-state index in [9.17, 15) is 4.79 Å². The molecule has 2 heterocycles. The molecule has 4 heteroatoms. The van der Waals surface area contributed by atoms with E-state index in [0.717, 1.165) is 29.4 Å². The zero-order chi connectivity index (χ0) is 17.8. The number of carbonyl (C=O) groups excluding carboxylic acids is 1. The van der Waals surface area contributed by atoms with Crippen LogP contribution in [-0.2, 0) is 14.9 Å². The van der Waals surface area contributed by atoms with Crippen molar-refractivity contribution in [1.82, 2.24) is 0 Å². The number of rotatable bonds is 4. The Morgan fingerprint density at radius 1 is 1.15 bits per heavy atom. The van der Waals surface area contributed by atoms with Crippen LogP contribution in [0.3, 0.4) is 0 Å². The normalized spacial score (nSPS) is 32.3. The predicted octanol–water partition coefficient (Wildman–Crippen LogP) is 4.68. The van der Waals surface area contributed by atoms with Gasteiger partial charge in [0.25, 0.3) is 0 Å². The van der Waals surface area contributed by atoms with Crippen LogP contribution in [0.25, 0.3) is 6.08 Å². The van der Waals surface area contributed by atoms with Crippen molar-refractivity contribution in [2.24, 2.45) is 0 Å². The molecule has 0 amide bonds. The van der Waals surface area contributed by atoms with Crippen molar-refractivity contribution in [3.05, 3.63) is 71.3 Å². The van der Waals surface area contributed by atoms with Gasteiger partial charge in [0.05, 0.1) is 17.9 Å². The Labute approximate surface area is 161 Å². The summed E-state index contributed by atoms with van der Waals surface area (Å²) in [5.74, 6) is -0.0838. The third-order valence-corrected chi connectivity index (χ3v) is 6.75. The Balaban J connectivity index is 1.69. The van der Waals surface area contributed by atoms with Crippen LogP contribution in [0.2, 0.25) is 0 Å². The quantitative estimate of drug-likeness (QED) is 0.588. The lowest BCUT2D eigenvalue weighted by atomic mass is 9.47. The zero-order valence-corrected chi connectivity index (χ0v) is 16.0. The summed E-state index contributed by atoms with van der Waals surface area (Å²) < 4.78 is 6.13. The number of ether oxygens (including phenoxy) is 1. The van der Waals surface area contributed by atoms with Crippen LogP contribution in [0.15, 0.2) is 60.2 Å². The Hall–Kier alpha value is -2.07. The van der Waals surface area contributed by atoms with E-state index in [1.54, 1.807) is 0 Å². The van der Waals surface area contributed by atoms with Crippen molar-refractivity contribution >= 4 is 33.7 Å². The third-order valence-electron chi connectivity index (χ3n) is 6.19. The predicted molar refractivity (Wildman–Crippen MR) is 106 cm³/mol. The van der Waals surface area contributed by atoms with Gasteiger partial charge in [0.1, 0.15) is 5.60 Å². The fourth-order valence-corrected chi connectivity index (χ4v) is 5.53. The van der Waals surface area contributed by atoms with Gasteiger partial charge in [-0.25, -0.2) is 0 Å². The topological polar surface area (TPSA) is 38.3 Å². The Morgan fingerprint density at radius 3 is 2.73 bits per heavy atom. The number of alkyl halides is 1.